The lowest BCUT2D eigenvalue weighted by Gasteiger charge is -2.06. The van der Waals surface area contributed by atoms with Crippen LogP contribution in [0.2, 0.25) is 0 Å². The maximum atomic E-state index is 10.8. The first-order valence-electron chi connectivity index (χ1n) is 6.85. The first kappa shape index (κ1) is 17.1. The monoisotopic (exact) mass is 344 g/mol. The van der Waals surface area contributed by atoms with Crippen LogP contribution < -0.4 is 5.32 Å². The van der Waals surface area contributed by atoms with Gasteiger partial charge in [0.05, 0.1) is 4.92 Å². The van der Waals surface area contributed by atoms with Gasteiger partial charge >= 0.3 is 0 Å². The highest BCUT2D eigenvalue weighted by atomic mass is 79.9. The zero-order valence-electron chi connectivity index (χ0n) is 11.7. The van der Waals surface area contributed by atoms with Crippen LogP contribution in [-0.2, 0) is 11.3 Å². The van der Waals surface area contributed by atoms with Gasteiger partial charge in [0.1, 0.15) is 0 Å². The van der Waals surface area contributed by atoms with E-state index in [2.05, 4.69) is 28.2 Å². The number of hydrogen-bond acceptors (Lipinski definition) is 4. The summed E-state index contributed by atoms with van der Waals surface area (Å²) < 4.78 is 6.19. The highest BCUT2D eigenvalue weighted by molar-refractivity contribution is 9.10. The molecule has 20 heavy (non-hydrogen) atoms. The van der Waals surface area contributed by atoms with E-state index < -0.39 is 0 Å². The van der Waals surface area contributed by atoms with E-state index in [9.17, 15) is 10.1 Å². The first-order chi connectivity index (χ1) is 9.63. The molecule has 0 aliphatic rings. The van der Waals surface area contributed by atoms with Crippen molar-refractivity contribution in [3.05, 3.63) is 38.3 Å². The van der Waals surface area contributed by atoms with Crippen LogP contribution in [0.25, 0.3) is 0 Å². The molecular weight excluding hydrogens is 324 g/mol. The van der Waals surface area contributed by atoms with Crippen molar-refractivity contribution in [2.75, 3.05) is 19.8 Å². The summed E-state index contributed by atoms with van der Waals surface area (Å²) in [6.07, 6.45) is 3.20. The molecule has 0 aliphatic heterocycles. The number of unbranched alkanes of at least 4 members (excludes halogenated alkanes) is 1. The van der Waals surface area contributed by atoms with E-state index in [0.29, 0.717) is 6.54 Å². The Kier molecular flexibility index (Phi) is 8.41. The number of rotatable bonds is 10. The van der Waals surface area contributed by atoms with E-state index >= 15 is 0 Å². The predicted molar refractivity (Wildman–Crippen MR) is 82.8 cm³/mol. The summed E-state index contributed by atoms with van der Waals surface area (Å²) in [4.78, 5) is 10.4. The fraction of sp³-hybridized carbons (Fsp3) is 0.571. The molecule has 0 saturated heterocycles. The SMILES string of the molecule is CCCCOCCCNCc1cc(Br)cc([N+](=O)[O-])c1. The zero-order valence-corrected chi connectivity index (χ0v) is 13.3. The lowest BCUT2D eigenvalue weighted by atomic mass is 10.2. The number of nitrogens with one attached hydrogen (secondary N) is 1. The Hall–Kier alpha value is -0.980. The van der Waals surface area contributed by atoms with E-state index in [1.807, 2.05) is 6.07 Å². The third kappa shape index (κ3) is 6.98. The van der Waals surface area contributed by atoms with Crippen molar-refractivity contribution in [2.45, 2.75) is 32.7 Å². The van der Waals surface area contributed by atoms with Gasteiger partial charge in [-0.1, -0.05) is 29.3 Å². The van der Waals surface area contributed by atoms with Crippen LogP contribution in [-0.4, -0.2) is 24.7 Å². The number of nitrogens with zero attached hydrogens (tertiary/aromatic N) is 1. The number of hydrogen-bond donors (Lipinski definition) is 1. The molecule has 112 valence electrons. The van der Waals surface area contributed by atoms with E-state index in [1.54, 1.807) is 6.07 Å². The van der Waals surface area contributed by atoms with Gasteiger partial charge in [0.2, 0.25) is 0 Å². The van der Waals surface area contributed by atoms with Crippen LogP contribution in [0.15, 0.2) is 22.7 Å². The predicted octanol–water partition coefficient (Wildman–Crippen LogP) is 3.65. The van der Waals surface area contributed by atoms with Crippen molar-refractivity contribution >= 4 is 21.6 Å². The maximum Gasteiger partial charge on any atom is 0.270 e. The van der Waals surface area contributed by atoms with Crippen LogP contribution in [0.5, 0.6) is 0 Å². The summed E-state index contributed by atoms with van der Waals surface area (Å²) in [5.41, 5.74) is 1.01. The molecule has 0 aromatic heterocycles. The maximum absolute atomic E-state index is 10.8. The average Bonchev–Trinajstić information content (AvgIpc) is 2.41. The fourth-order valence-electron chi connectivity index (χ4n) is 1.72. The summed E-state index contributed by atoms with van der Waals surface area (Å²) in [7, 11) is 0. The Bertz CT molecular complexity index is 427. The molecule has 6 heteroatoms. The topological polar surface area (TPSA) is 64.4 Å². The number of nitro groups is 1. The molecule has 0 saturated carbocycles. The fourth-order valence-corrected chi connectivity index (χ4v) is 2.25. The van der Waals surface area contributed by atoms with Gasteiger partial charge in [0.25, 0.3) is 5.69 Å². The summed E-state index contributed by atoms with van der Waals surface area (Å²) >= 11 is 3.29. The van der Waals surface area contributed by atoms with Crippen molar-refractivity contribution in [1.82, 2.24) is 5.32 Å². The molecule has 0 radical (unpaired) electrons. The van der Waals surface area contributed by atoms with Crippen molar-refractivity contribution in [3.8, 4) is 0 Å². The molecule has 1 aromatic rings. The lowest BCUT2D eigenvalue weighted by molar-refractivity contribution is -0.385. The Balaban J connectivity index is 2.23. The number of benzene rings is 1. The normalized spacial score (nSPS) is 10.7. The largest absolute Gasteiger partial charge is 0.381 e. The smallest absolute Gasteiger partial charge is 0.270 e. The van der Waals surface area contributed by atoms with Crippen LogP contribution in [0.1, 0.15) is 31.7 Å². The number of non-ortho nitro benzene ring substituents is 1. The summed E-state index contributed by atoms with van der Waals surface area (Å²) in [6.45, 7) is 5.18. The second kappa shape index (κ2) is 9.85. The van der Waals surface area contributed by atoms with Gasteiger partial charge in [-0.05, 0) is 31.0 Å². The van der Waals surface area contributed by atoms with Crippen molar-refractivity contribution < 1.29 is 9.66 Å². The van der Waals surface area contributed by atoms with E-state index in [0.717, 1.165) is 49.1 Å². The third-order valence-corrected chi connectivity index (χ3v) is 3.22. The Morgan fingerprint density at radius 1 is 1.30 bits per heavy atom. The molecule has 0 amide bonds. The first-order valence-corrected chi connectivity index (χ1v) is 7.65. The third-order valence-electron chi connectivity index (χ3n) is 2.77. The molecule has 0 fully saturated rings. The zero-order chi connectivity index (χ0) is 14.8. The quantitative estimate of drug-likeness (QED) is 0.399. The molecule has 5 nitrogen and oxygen atoms in total. The van der Waals surface area contributed by atoms with E-state index in [1.165, 1.54) is 6.07 Å². The molecular formula is C14H21BrN2O3. The highest BCUT2D eigenvalue weighted by Gasteiger charge is 2.08. The van der Waals surface area contributed by atoms with Gasteiger partial charge < -0.3 is 10.1 Å². The molecule has 0 bridgehead atoms. The van der Waals surface area contributed by atoms with Gasteiger partial charge in [0.15, 0.2) is 0 Å². The second-order valence-corrected chi connectivity index (χ2v) is 5.49. The molecule has 0 atom stereocenters. The van der Waals surface area contributed by atoms with E-state index in [4.69, 9.17) is 4.74 Å². The van der Waals surface area contributed by atoms with Gasteiger partial charge in [-0.2, -0.15) is 0 Å². The number of nitro benzene ring substituents is 1. The van der Waals surface area contributed by atoms with Gasteiger partial charge in [-0.3, -0.25) is 10.1 Å². The van der Waals surface area contributed by atoms with Crippen LogP contribution in [0.3, 0.4) is 0 Å². The number of ether oxygens (including phenoxy) is 1. The van der Waals surface area contributed by atoms with Crippen LogP contribution in [0, 0.1) is 10.1 Å². The van der Waals surface area contributed by atoms with Crippen LogP contribution >= 0.6 is 15.9 Å². The summed E-state index contributed by atoms with van der Waals surface area (Å²) in [5, 5.41) is 14.0. The van der Waals surface area contributed by atoms with Crippen molar-refractivity contribution in [1.29, 1.82) is 0 Å². The van der Waals surface area contributed by atoms with Gasteiger partial charge in [-0.25, -0.2) is 0 Å². The van der Waals surface area contributed by atoms with Gasteiger partial charge in [-0.15, -0.1) is 0 Å². The molecule has 1 N–H and O–H groups in total. The minimum absolute atomic E-state index is 0.110. The number of halogens is 1. The average molecular weight is 345 g/mol. The summed E-state index contributed by atoms with van der Waals surface area (Å²) in [6, 6.07) is 4.98. The Morgan fingerprint density at radius 3 is 2.75 bits per heavy atom. The van der Waals surface area contributed by atoms with Crippen molar-refractivity contribution in [2.24, 2.45) is 0 Å². The minimum Gasteiger partial charge on any atom is -0.381 e. The molecule has 0 unspecified atom stereocenters. The standard InChI is InChI=1S/C14H21BrN2O3/c1-2-3-6-20-7-4-5-16-11-12-8-13(15)10-14(9-12)17(18)19/h8-10,16H,2-7,11H2,1H3. The van der Waals surface area contributed by atoms with Crippen molar-refractivity contribution in [3.63, 3.8) is 0 Å². The molecule has 0 heterocycles. The summed E-state index contributed by atoms with van der Waals surface area (Å²) in [5.74, 6) is 0. The molecule has 1 rings (SSSR count). The molecule has 0 spiro atoms. The Morgan fingerprint density at radius 2 is 2.05 bits per heavy atom. The van der Waals surface area contributed by atoms with Crippen LogP contribution in [0.4, 0.5) is 5.69 Å². The highest BCUT2D eigenvalue weighted by Crippen LogP contribution is 2.21. The van der Waals surface area contributed by atoms with Gasteiger partial charge in [0, 0.05) is 36.4 Å². The van der Waals surface area contributed by atoms with E-state index in [-0.39, 0.29) is 10.6 Å². The minimum atomic E-state index is -0.379. The lowest BCUT2D eigenvalue weighted by Crippen LogP contribution is -2.16. The molecule has 0 aliphatic carbocycles. The Labute approximate surface area is 128 Å². The molecule has 1 aromatic carbocycles. The second-order valence-electron chi connectivity index (χ2n) is 4.57.